The lowest BCUT2D eigenvalue weighted by atomic mass is 10.1. The molecule has 0 aliphatic carbocycles. The van der Waals surface area contributed by atoms with E-state index >= 15 is 0 Å². The maximum atomic E-state index is 13.4. The maximum absolute atomic E-state index is 13.4. The number of nitrogens with two attached hydrogens (primary N) is 1. The Bertz CT molecular complexity index is 1550. The van der Waals surface area contributed by atoms with E-state index in [1.807, 2.05) is 25.1 Å². The Kier molecular flexibility index (Phi) is 8.41. The van der Waals surface area contributed by atoms with Gasteiger partial charge in [0.25, 0.3) is 11.9 Å². The van der Waals surface area contributed by atoms with E-state index in [0.29, 0.717) is 22.5 Å². The number of aromatic nitrogens is 4. The second-order valence-electron chi connectivity index (χ2n) is 10.3. The van der Waals surface area contributed by atoms with Crippen LogP contribution in [-0.4, -0.2) is 92.9 Å². The smallest absolute Gasteiger partial charge is 0.256 e. The number of nitrogens with one attached hydrogen (secondary N) is 2. The molecule has 0 saturated carbocycles. The van der Waals surface area contributed by atoms with Gasteiger partial charge in [-0.05, 0) is 39.1 Å². The first-order valence-corrected chi connectivity index (χ1v) is 13.9. The fraction of sp³-hybridized carbons (Fsp3) is 0.357. The number of anilines is 1. The van der Waals surface area contributed by atoms with Crippen molar-refractivity contribution in [1.29, 1.82) is 5.41 Å². The number of nitrogens with zero attached hydrogens (tertiary/aromatic N) is 8. The van der Waals surface area contributed by atoms with Crippen molar-refractivity contribution in [2.45, 2.75) is 32.5 Å². The monoisotopic (exact) mass is 589 g/mol. The van der Waals surface area contributed by atoms with Gasteiger partial charge in [0, 0.05) is 37.9 Å². The zero-order valence-corrected chi connectivity index (χ0v) is 24.3. The van der Waals surface area contributed by atoms with Gasteiger partial charge in [-0.2, -0.15) is 4.99 Å². The van der Waals surface area contributed by atoms with E-state index < -0.39 is 6.04 Å². The highest BCUT2D eigenvalue weighted by molar-refractivity contribution is 6.33. The number of pyridine rings is 2. The highest BCUT2D eigenvalue weighted by atomic mass is 35.5. The molecule has 1 saturated heterocycles. The number of fused-ring (bicyclic) bond motifs is 1. The van der Waals surface area contributed by atoms with Crippen LogP contribution in [0.3, 0.4) is 0 Å². The van der Waals surface area contributed by atoms with Crippen molar-refractivity contribution in [3.63, 3.8) is 0 Å². The van der Waals surface area contributed by atoms with Crippen LogP contribution >= 0.6 is 11.6 Å². The lowest BCUT2D eigenvalue weighted by molar-refractivity contribution is -0.125. The number of rotatable bonds is 8. The number of amides is 2. The number of hydrogen-bond acceptors (Lipinski definition) is 10. The molecule has 0 radical (unpaired) electrons. The van der Waals surface area contributed by atoms with Gasteiger partial charge >= 0.3 is 0 Å². The van der Waals surface area contributed by atoms with Gasteiger partial charge in [0.05, 0.1) is 52.7 Å². The van der Waals surface area contributed by atoms with Crippen LogP contribution in [0.4, 0.5) is 11.8 Å². The molecule has 4 N–H and O–H groups in total. The third-order valence-corrected chi connectivity index (χ3v) is 7.67. The Morgan fingerprint density at radius 3 is 2.67 bits per heavy atom. The molecule has 14 heteroatoms. The molecule has 13 nitrogen and oxygen atoms in total. The summed E-state index contributed by atoms with van der Waals surface area (Å²) in [6.07, 6.45) is 3.80. The van der Waals surface area contributed by atoms with Gasteiger partial charge in [-0.1, -0.05) is 17.7 Å². The number of amidine groups is 1. The number of piperazine rings is 1. The number of halogens is 1. The van der Waals surface area contributed by atoms with Crippen molar-refractivity contribution in [1.82, 2.24) is 35.1 Å². The highest BCUT2D eigenvalue weighted by Gasteiger charge is 2.35. The quantitative estimate of drug-likeness (QED) is 0.263. The summed E-state index contributed by atoms with van der Waals surface area (Å²) < 4.78 is 0. The number of aliphatic imine (C=N–C) groups is 1. The minimum atomic E-state index is -0.744. The first kappa shape index (κ1) is 29.0. The highest BCUT2D eigenvalue weighted by Crippen LogP contribution is 2.31. The van der Waals surface area contributed by atoms with Crippen LogP contribution in [0.5, 0.6) is 0 Å². The Hall–Kier alpha value is -4.49. The molecule has 1 fully saturated rings. The Morgan fingerprint density at radius 2 is 1.93 bits per heavy atom. The molecular weight excluding hydrogens is 558 g/mol. The molecule has 3 aromatic heterocycles. The molecule has 0 aromatic carbocycles. The molecule has 5 heterocycles. The van der Waals surface area contributed by atoms with Gasteiger partial charge in [-0.15, -0.1) is 0 Å². The molecule has 0 unspecified atom stereocenters. The minimum Gasteiger partial charge on any atom is -0.382 e. The summed E-state index contributed by atoms with van der Waals surface area (Å²) >= 11 is 6.33. The summed E-state index contributed by atoms with van der Waals surface area (Å²) in [4.78, 5) is 54.2. The van der Waals surface area contributed by atoms with E-state index in [1.54, 1.807) is 19.2 Å². The molecule has 42 heavy (non-hydrogen) atoms. The van der Waals surface area contributed by atoms with E-state index in [0.717, 1.165) is 43.9 Å². The number of hydrogen-bond donors (Lipinski definition) is 3. The fourth-order valence-corrected chi connectivity index (χ4v) is 5.04. The van der Waals surface area contributed by atoms with Crippen LogP contribution < -0.4 is 16.0 Å². The predicted octanol–water partition coefficient (Wildman–Crippen LogP) is 2.20. The second-order valence-corrected chi connectivity index (χ2v) is 10.7. The molecule has 2 aliphatic rings. The standard InChI is InChI=1S/C28H32ClN11O2/c1-16(21-5-4-6-24(35-21)39-9-7-38(3)8-10-39)34-26(41)17(2)40-15-22-19(27(40)42)11-18(13-32-22)25-20(29)14-33-28(37-25)36-23(31)12-30/h4-6,11-14,16-17,30H,7-10,15H2,1-3H3,(H,34,41)(H2,31,33,36,37)/t16-,17-/m1/s1. The summed E-state index contributed by atoms with van der Waals surface area (Å²) in [6.45, 7) is 7.51. The number of carbonyl (C=O) groups excluding carboxylic acids is 2. The SMILES string of the molecule is C[C@H](C(=O)N[C@H](C)c1cccc(N2CCN(C)CC2)n1)N1Cc2ncc(-c3nc(N=C(N)C=N)ncc3Cl)cc2C1=O. The third-order valence-electron chi connectivity index (χ3n) is 7.40. The summed E-state index contributed by atoms with van der Waals surface area (Å²) in [6, 6.07) is 6.39. The van der Waals surface area contributed by atoms with E-state index in [2.05, 4.69) is 42.1 Å². The molecule has 2 atom stereocenters. The van der Waals surface area contributed by atoms with Crippen LogP contribution in [0.2, 0.25) is 5.02 Å². The zero-order valence-electron chi connectivity index (χ0n) is 23.6. The summed E-state index contributed by atoms with van der Waals surface area (Å²) in [5.41, 5.74) is 8.05. The van der Waals surface area contributed by atoms with Crippen LogP contribution in [0.1, 0.15) is 41.6 Å². The Labute approximate surface area is 248 Å². The lowest BCUT2D eigenvalue weighted by Crippen LogP contribution is -2.46. The normalized spacial score (nSPS) is 17.1. The van der Waals surface area contributed by atoms with Crippen molar-refractivity contribution in [2.24, 2.45) is 10.7 Å². The molecule has 218 valence electrons. The van der Waals surface area contributed by atoms with Gasteiger partial charge in [-0.3, -0.25) is 14.6 Å². The number of likely N-dealkylation sites (N-methyl/N-ethyl adjacent to an activating group) is 1. The second kappa shape index (κ2) is 12.2. The van der Waals surface area contributed by atoms with E-state index in [-0.39, 0.29) is 41.2 Å². The lowest BCUT2D eigenvalue weighted by Gasteiger charge is -2.33. The van der Waals surface area contributed by atoms with Gasteiger partial charge in [0.2, 0.25) is 5.91 Å². The van der Waals surface area contributed by atoms with Crippen molar-refractivity contribution < 1.29 is 9.59 Å². The minimum absolute atomic E-state index is 0.0202. The molecule has 5 rings (SSSR count). The topological polar surface area (TPSA) is 170 Å². The van der Waals surface area contributed by atoms with Crippen molar-refractivity contribution in [3.8, 4) is 11.3 Å². The summed E-state index contributed by atoms with van der Waals surface area (Å²) in [5, 5.41) is 10.4. The zero-order chi connectivity index (χ0) is 30.0. The molecular formula is C28H32ClN11O2. The van der Waals surface area contributed by atoms with Gasteiger partial charge < -0.3 is 31.2 Å². The van der Waals surface area contributed by atoms with E-state index in [4.69, 9.17) is 27.7 Å². The van der Waals surface area contributed by atoms with Gasteiger partial charge in [0.15, 0.2) is 0 Å². The molecule has 2 aliphatic heterocycles. The molecule has 3 aromatic rings. The van der Waals surface area contributed by atoms with Crippen LogP contribution in [0, 0.1) is 5.41 Å². The van der Waals surface area contributed by atoms with E-state index in [1.165, 1.54) is 11.1 Å². The van der Waals surface area contributed by atoms with Crippen molar-refractivity contribution in [2.75, 3.05) is 38.1 Å². The fourth-order valence-electron chi connectivity index (χ4n) is 4.84. The van der Waals surface area contributed by atoms with Crippen molar-refractivity contribution >= 4 is 47.2 Å². The average molecular weight is 590 g/mol. The maximum Gasteiger partial charge on any atom is 0.256 e. The van der Waals surface area contributed by atoms with Gasteiger partial charge in [0.1, 0.15) is 17.7 Å². The first-order valence-electron chi connectivity index (χ1n) is 13.5. The number of carbonyl (C=O) groups is 2. The largest absolute Gasteiger partial charge is 0.382 e. The third kappa shape index (κ3) is 6.06. The van der Waals surface area contributed by atoms with Crippen molar-refractivity contribution in [3.05, 3.63) is 58.6 Å². The van der Waals surface area contributed by atoms with Crippen LogP contribution in [0.15, 0.2) is 41.7 Å². The first-order chi connectivity index (χ1) is 20.1. The summed E-state index contributed by atoms with van der Waals surface area (Å²) in [7, 11) is 2.11. The van der Waals surface area contributed by atoms with Gasteiger partial charge in [-0.25, -0.2) is 15.0 Å². The average Bonchev–Trinajstić information content (AvgIpc) is 3.33. The Balaban J connectivity index is 1.28. The summed E-state index contributed by atoms with van der Waals surface area (Å²) in [5.74, 6) is 0.234. The molecule has 2 amide bonds. The van der Waals surface area contributed by atoms with Crippen LogP contribution in [0.25, 0.3) is 11.3 Å². The molecule has 0 spiro atoms. The van der Waals surface area contributed by atoms with E-state index in [9.17, 15) is 9.59 Å². The Morgan fingerprint density at radius 1 is 1.17 bits per heavy atom. The predicted molar refractivity (Wildman–Crippen MR) is 160 cm³/mol. The molecule has 0 bridgehead atoms. The van der Waals surface area contributed by atoms with Crippen LogP contribution in [-0.2, 0) is 11.3 Å².